The molecule has 3 rings (SSSR count). The van der Waals surface area contributed by atoms with Gasteiger partial charge in [-0.05, 0) is 29.8 Å². The molecule has 7 nitrogen and oxygen atoms in total. The van der Waals surface area contributed by atoms with Crippen LogP contribution in [0.5, 0.6) is 5.75 Å². The molecule has 1 heterocycles. The number of carbonyl (C=O) groups is 2. The summed E-state index contributed by atoms with van der Waals surface area (Å²) in [6.07, 6.45) is 0.417. The maximum Gasteiger partial charge on any atom is 0.328 e. The lowest BCUT2D eigenvalue weighted by Crippen LogP contribution is -3.16. The largest absolute Gasteiger partial charge is 0.497 e. The molecule has 2 aromatic rings. The molecule has 0 saturated carbocycles. The summed E-state index contributed by atoms with van der Waals surface area (Å²) in [7, 11) is 3.00. The Kier molecular flexibility index (Phi) is 7.68. The number of piperazine rings is 1. The third-order valence-corrected chi connectivity index (χ3v) is 5.42. The van der Waals surface area contributed by atoms with E-state index in [-0.39, 0.29) is 5.91 Å². The zero-order chi connectivity index (χ0) is 21.3. The average molecular weight is 413 g/mol. The van der Waals surface area contributed by atoms with Gasteiger partial charge in [-0.2, -0.15) is 0 Å². The first-order valence-corrected chi connectivity index (χ1v) is 10.2. The van der Waals surface area contributed by atoms with Crippen molar-refractivity contribution in [3.8, 4) is 5.75 Å². The van der Waals surface area contributed by atoms with Crippen LogP contribution in [0.2, 0.25) is 0 Å². The summed E-state index contributed by atoms with van der Waals surface area (Å²) in [6, 6.07) is 17.0. The number of anilines is 1. The standard InChI is InChI=1S/C23H29N3O4/c1-29-20-10-8-19(9-11-20)26-14-12-25(13-15-26)17-22(27)24-21(23(28)30-2)16-18-6-4-3-5-7-18/h3-11,21H,12-17H2,1-2H3,(H,24,27)/p+1/t21-/m0/s1. The number of ether oxygens (including phenoxy) is 2. The molecule has 0 radical (unpaired) electrons. The summed E-state index contributed by atoms with van der Waals surface area (Å²) >= 11 is 0. The van der Waals surface area contributed by atoms with E-state index in [0.29, 0.717) is 13.0 Å². The number of methoxy groups -OCH3 is 2. The Labute approximate surface area is 177 Å². The molecule has 1 atom stereocenters. The first-order chi connectivity index (χ1) is 14.6. The van der Waals surface area contributed by atoms with Crippen LogP contribution in [-0.2, 0) is 20.7 Å². The number of carbonyl (C=O) groups excluding carboxylic acids is 2. The van der Waals surface area contributed by atoms with Gasteiger partial charge in [-0.3, -0.25) is 4.79 Å². The van der Waals surface area contributed by atoms with Gasteiger partial charge in [0.2, 0.25) is 0 Å². The van der Waals surface area contributed by atoms with Crippen molar-refractivity contribution in [2.24, 2.45) is 0 Å². The fourth-order valence-electron chi connectivity index (χ4n) is 3.71. The Bertz CT molecular complexity index is 818. The van der Waals surface area contributed by atoms with E-state index < -0.39 is 12.0 Å². The van der Waals surface area contributed by atoms with E-state index in [1.54, 1.807) is 7.11 Å². The minimum Gasteiger partial charge on any atom is -0.497 e. The van der Waals surface area contributed by atoms with Gasteiger partial charge in [-0.1, -0.05) is 30.3 Å². The summed E-state index contributed by atoms with van der Waals surface area (Å²) in [4.78, 5) is 28.2. The third-order valence-electron chi connectivity index (χ3n) is 5.42. The number of esters is 1. The van der Waals surface area contributed by atoms with Gasteiger partial charge in [-0.15, -0.1) is 0 Å². The Morgan fingerprint density at radius 2 is 1.70 bits per heavy atom. The van der Waals surface area contributed by atoms with E-state index in [9.17, 15) is 9.59 Å². The molecular formula is C23H30N3O4+. The number of nitrogens with one attached hydrogen (secondary N) is 2. The Balaban J connectivity index is 1.49. The van der Waals surface area contributed by atoms with Crippen LogP contribution < -0.4 is 19.9 Å². The SMILES string of the molecule is COC(=O)[C@H](Cc1ccccc1)NC(=O)C[NH+]1CCN(c2ccc(OC)cc2)CC1. The number of nitrogens with zero attached hydrogens (tertiary/aromatic N) is 1. The topological polar surface area (TPSA) is 72.3 Å². The number of hydrogen-bond acceptors (Lipinski definition) is 5. The van der Waals surface area contributed by atoms with Crippen molar-refractivity contribution < 1.29 is 24.0 Å². The molecule has 0 bridgehead atoms. The van der Waals surface area contributed by atoms with Gasteiger partial charge in [0.15, 0.2) is 6.54 Å². The first kappa shape index (κ1) is 21.6. The van der Waals surface area contributed by atoms with Gasteiger partial charge in [0, 0.05) is 12.1 Å². The molecule has 160 valence electrons. The molecule has 30 heavy (non-hydrogen) atoms. The van der Waals surface area contributed by atoms with Crippen molar-refractivity contribution in [3.63, 3.8) is 0 Å². The van der Waals surface area contributed by atoms with Crippen molar-refractivity contribution in [1.29, 1.82) is 0 Å². The quantitative estimate of drug-likeness (QED) is 0.611. The predicted octanol–water partition coefficient (Wildman–Crippen LogP) is 0.301. The second kappa shape index (κ2) is 10.6. The zero-order valence-electron chi connectivity index (χ0n) is 17.6. The monoisotopic (exact) mass is 412 g/mol. The van der Waals surface area contributed by atoms with Crippen molar-refractivity contribution in [2.75, 3.05) is 51.8 Å². The predicted molar refractivity (Wildman–Crippen MR) is 115 cm³/mol. The van der Waals surface area contributed by atoms with E-state index >= 15 is 0 Å². The zero-order valence-corrected chi connectivity index (χ0v) is 17.6. The maximum absolute atomic E-state index is 12.6. The summed E-state index contributed by atoms with van der Waals surface area (Å²) in [5.41, 5.74) is 2.14. The third kappa shape index (κ3) is 5.97. The molecule has 0 unspecified atom stereocenters. The lowest BCUT2D eigenvalue weighted by Gasteiger charge is -2.33. The van der Waals surface area contributed by atoms with Crippen molar-refractivity contribution in [1.82, 2.24) is 5.32 Å². The minimum atomic E-state index is -0.676. The first-order valence-electron chi connectivity index (χ1n) is 10.2. The van der Waals surface area contributed by atoms with E-state index in [1.165, 1.54) is 12.0 Å². The molecule has 0 aromatic heterocycles. The van der Waals surface area contributed by atoms with Crippen LogP contribution in [0, 0.1) is 0 Å². The molecule has 1 saturated heterocycles. The fraction of sp³-hybridized carbons (Fsp3) is 0.391. The Hall–Kier alpha value is -3.06. The summed E-state index contributed by atoms with van der Waals surface area (Å²) in [5.74, 6) is 0.288. The number of hydrogen-bond donors (Lipinski definition) is 2. The van der Waals surface area contributed by atoms with Gasteiger partial charge >= 0.3 is 5.97 Å². The smallest absolute Gasteiger partial charge is 0.328 e. The lowest BCUT2D eigenvalue weighted by molar-refractivity contribution is -0.892. The molecule has 2 aromatic carbocycles. The highest BCUT2D eigenvalue weighted by Crippen LogP contribution is 2.18. The highest BCUT2D eigenvalue weighted by atomic mass is 16.5. The number of quaternary nitrogens is 1. The van der Waals surface area contributed by atoms with Crippen LogP contribution in [0.3, 0.4) is 0 Å². The highest BCUT2D eigenvalue weighted by Gasteiger charge is 2.26. The van der Waals surface area contributed by atoms with Crippen LogP contribution in [0.4, 0.5) is 5.69 Å². The molecule has 1 aliphatic heterocycles. The molecule has 0 aliphatic carbocycles. The highest BCUT2D eigenvalue weighted by molar-refractivity contribution is 5.85. The second-order valence-corrected chi connectivity index (χ2v) is 7.44. The summed E-state index contributed by atoms with van der Waals surface area (Å²) in [5, 5.41) is 2.86. The van der Waals surface area contributed by atoms with Gasteiger partial charge in [0.1, 0.15) is 11.8 Å². The van der Waals surface area contributed by atoms with Crippen LogP contribution in [0.15, 0.2) is 54.6 Å². The molecular weight excluding hydrogens is 382 g/mol. The summed E-state index contributed by atoms with van der Waals surface area (Å²) in [6.45, 7) is 3.82. The maximum atomic E-state index is 12.6. The normalized spacial score (nSPS) is 15.3. The molecule has 0 spiro atoms. The van der Waals surface area contributed by atoms with Crippen molar-refractivity contribution in [2.45, 2.75) is 12.5 Å². The van der Waals surface area contributed by atoms with Crippen LogP contribution >= 0.6 is 0 Å². The average Bonchev–Trinajstić information content (AvgIpc) is 2.79. The van der Waals surface area contributed by atoms with E-state index in [1.807, 2.05) is 42.5 Å². The molecule has 7 heteroatoms. The van der Waals surface area contributed by atoms with Crippen LogP contribution in [-0.4, -0.2) is 64.9 Å². The molecule has 1 fully saturated rings. The van der Waals surface area contributed by atoms with Crippen molar-refractivity contribution in [3.05, 3.63) is 60.2 Å². The van der Waals surface area contributed by atoms with E-state index in [2.05, 4.69) is 22.3 Å². The van der Waals surface area contributed by atoms with Crippen LogP contribution in [0.25, 0.3) is 0 Å². The van der Waals surface area contributed by atoms with Gasteiger partial charge < -0.3 is 24.6 Å². The van der Waals surface area contributed by atoms with E-state index in [4.69, 9.17) is 9.47 Å². The van der Waals surface area contributed by atoms with Crippen LogP contribution in [0.1, 0.15) is 5.56 Å². The Morgan fingerprint density at radius 3 is 2.30 bits per heavy atom. The van der Waals surface area contributed by atoms with E-state index in [0.717, 1.165) is 43.2 Å². The number of benzene rings is 2. The minimum absolute atomic E-state index is 0.130. The lowest BCUT2D eigenvalue weighted by atomic mass is 10.1. The molecule has 1 amide bonds. The second-order valence-electron chi connectivity index (χ2n) is 7.44. The van der Waals surface area contributed by atoms with Gasteiger partial charge in [0.25, 0.3) is 5.91 Å². The number of amides is 1. The fourth-order valence-corrected chi connectivity index (χ4v) is 3.71. The summed E-state index contributed by atoms with van der Waals surface area (Å²) < 4.78 is 10.1. The van der Waals surface area contributed by atoms with Gasteiger partial charge in [0.05, 0.1) is 40.4 Å². The molecule has 2 N–H and O–H groups in total. The number of rotatable bonds is 8. The molecule has 1 aliphatic rings. The Morgan fingerprint density at radius 1 is 1.03 bits per heavy atom. The van der Waals surface area contributed by atoms with Crippen molar-refractivity contribution >= 4 is 17.6 Å². The van der Waals surface area contributed by atoms with Gasteiger partial charge in [-0.25, -0.2) is 4.79 Å².